The van der Waals surface area contributed by atoms with E-state index in [4.69, 9.17) is 24.4 Å². The fourth-order valence-corrected chi connectivity index (χ4v) is 8.90. The molecular formula is C57H37N5O. The number of pyridine rings is 1. The van der Waals surface area contributed by atoms with Gasteiger partial charge >= 0.3 is 0 Å². The van der Waals surface area contributed by atoms with Crippen molar-refractivity contribution in [3.8, 4) is 62.0 Å². The molecule has 0 aliphatic heterocycles. The number of aromatic nitrogens is 5. The molecule has 12 rings (SSSR count). The lowest BCUT2D eigenvalue weighted by Gasteiger charge is -2.16. The summed E-state index contributed by atoms with van der Waals surface area (Å²) in [5.41, 5.74) is 13.3. The molecule has 4 heterocycles. The third-order valence-electron chi connectivity index (χ3n) is 11.9. The van der Waals surface area contributed by atoms with Crippen molar-refractivity contribution in [1.29, 1.82) is 0 Å². The van der Waals surface area contributed by atoms with Crippen LogP contribution in [0.2, 0.25) is 0 Å². The lowest BCUT2D eigenvalue weighted by Crippen LogP contribution is -2.08. The van der Waals surface area contributed by atoms with Gasteiger partial charge in [-0.25, -0.2) is 19.9 Å². The molecule has 296 valence electrons. The van der Waals surface area contributed by atoms with Crippen LogP contribution in [-0.4, -0.2) is 24.5 Å². The molecule has 6 nitrogen and oxygen atoms in total. The predicted molar refractivity (Wildman–Crippen MR) is 256 cm³/mol. The van der Waals surface area contributed by atoms with Crippen LogP contribution in [0.4, 0.5) is 0 Å². The van der Waals surface area contributed by atoms with E-state index in [1.54, 1.807) is 0 Å². The first kappa shape index (κ1) is 36.4. The minimum atomic E-state index is 0.396. The third kappa shape index (κ3) is 6.62. The Labute approximate surface area is 363 Å². The molecule has 0 radical (unpaired) electrons. The van der Waals surface area contributed by atoms with Crippen molar-refractivity contribution in [2.45, 2.75) is 6.42 Å². The highest BCUT2D eigenvalue weighted by molar-refractivity contribution is 6.17. The second kappa shape index (κ2) is 15.2. The van der Waals surface area contributed by atoms with Gasteiger partial charge in [0.25, 0.3) is 0 Å². The summed E-state index contributed by atoms with van der Waals surface area (Å²) in [5.74, 6) is 2.70. The van der Waals surface area contributed by atoms with Gasteiger partial charge in [-0.15, -0.1) is 0 Å². The van der Waals surface area contributed by atoms with Crippen LogP contribution in [0.25, 0.3) is 106 Å². The first-order chi connectivity index (χ1) is 31.2. The molecule has 4 aromatic heterocycles. The summed E-state index contributed by atoms with van der Waals surface area (Å²) < 4.78 is 8.73. The van der Waals surface area contributed by atoms with Crippen molar-refractivity contribution in [2.75, 3.05) is 0 Å². The topological polar surface area (TPSA) is 69.6 Å². The van der Waals surface area contributed by atoms with Crippen molar-refractivity contribution in [1.82, 2.24) is 24.5 Å². The van der Waals surface area contributed by atoms with E-state index in [0.29, 0.717) is 23.9 Å². The molecule has 0 unspecified atom stereocenters. The van der Waals surface area contributed by atoms with E-state index in [1.807, 2.05) is 79.0 Å². The molecule has 8 aromatic carbocycles. The van der Waals surface area contributed by atoms with E-state index in [2.05, 4.69) is 138 Å². The van der Waals surface area contributed by atoms with Crippen molar-refractivity contribution in [3.05, 3.63) is 224 Å². The molecule has 0 amide bonds. The third-order valence-corrected chi connectivity index (χ3v) is 11.9. The van der Waals surface area contributed by atoms with Gasteiger partial charge in [0.1, 0.15) is 22.8 Å². The maximum Gasteiger partial charge on any atom is 0.163 e. The van der Waals surface area contributed by atoms with Crippen LogP contribution in [0.15, 0.2) is 217 Å². The SMILES string of the molecule is c1ccc(-c2cc(-c3ccccc3)cc(-c3cnc(-n4c5ccccc5c5cc6oc7ccccc7c6cc54)c(Cc4nc(-c5ccccc5)nc(-c5ccccc5)n4)c3)c2)cc1. The van der Waals surface area contributed by atoms with Gasteiger partial charge in [-0.3, -0.25) is 4.57 Å². The molecule has 6 heteroatoms. The first-order valence-corrected chi connectivity index (χ1v) is 21.2. The Balaban J connectivity index is 1.11. The summed E-state index contributed by atoms with van der Waals surface area (Å²) in [6, 6.07) is 71.7. The number of nitrogens with zero attached hydrogens (tertiary/aromatic N) is 5. The molecule has 0 aliphatic rings. The zero-order chi connectivity index (χ0) is 41.7. The van der Waals surface area contributed by atoms with Gasteiger partial charge in [-0.1, -0.05) is 158 Å². The van der Waals surface area contributed by atoms with Gasteiger partial charge in [0.05, 0.1) is 11.0 Å². The Morgan fingerprint density at radius 1 is 0.365 bits per heavy atom. The average Bonchev–Trinajstić information content (AvgIpc) is 3.88. The molecule has 0 saturated heterocycles. The van der Waals surface area contributed by atoms with Crippen LogP contribution >= 0.6 is 0 Å². The van der Waals surface area contributed by atoms with E-state index in [-0.39, 0.29) is 0 Å². The molecule has 0 aliphatic carbocycles. The summed E-state index contributed by atoms with van der Waals surface area (Å²) in [7, 11) is 0. The molecule has 0 bridgehead atoms. The van der Waals surface area contributed by atoms with Crippen molar-refractivity contribution in [2.24, 2.45) is 0 Å². The Hall–Kier alpha value is -8.48. The van der Waals surface area contributed by atoms with Crippen LogP contribution < -0.4 is 0 Å². The van der Waals surface area contributed by atoms with Gasteiger partial charge in [-0.05, 0) is 76.3 Å². The number of benzene rings is 8. The van der Waals surface area contributed by atoms with E-state index >= 15 is 0 Å². The minimum Gasteiger partial charge on any atom is -0.456 e. The molecular weight excluding hydrogens is 771 g/mol. The molecule has 0 saturated carbocycles. The lowest BCUT2D eigenvalue weighted by atomic mass is 9.93. The zero-order valence-electron chi connectivity index (χ0n) is 34.1. The van der Waals surface area contributed by atoms with Gasteiger partial charge in [-0.2, -0.15) is 0 Å². The van der Waals surface area contributed by atoms with Crippen molar-refractivity contribution >= 4 is 43.7 Å². The molecule has 0 N–H and O–H groups in total. The monoisotopic (exact) mass is 807 g/mol. The maximum absolute atomic E-state index is 6.42. The molecule has 0 atom stereocenters. The van der Waals surface area contributed by atoms with Crippen LogP contribution in [0.1, 0.15) is 11.4 Å². The van der Waals surface area contributed by atoms with Crippen LogP contribution in [0.5, 0.6) is 0 Å². The maximum atomic E-state index is 6.42. The fourth-order valence-electron chi connectivity index (χ4n) is 8.90. The van der Waals surface area contributed by atoms with E-state index < -0.39 is 0 Å². The van der Waals surface area contributed by atoms with Crippen LogP contribution in [0, 0.1) is 0 Å². The Kier molecular flexibility index (Phi) is 8.78. The molecule has 63 heavy (non-hydrogen) atoms. The Bertz CT molecular complexity index is 3520. The average molecular weight is 808 g/mol. The van der Waals surface area contributed by atoms with Crippen LogP contribution in [-0.2, 0) is 6.42 Å². The summed E-state index contributed by atoms with van der Waals surface area (Å²) in [6.07, 6.45) is 2.41. The number of furan rings is 1. The second-order valence-electron chi connectivity index (χ2n) is 15.9. The number of para-hydroxylation sites is 2. The summed E-state index contributed by atoms with van der Waals surface area (Å²) in [6.45, 7) is 0. The quantitative estimate of drug-likeness (QED) is 0.153. The highest BCUT2D eigenvalue weighted by atomic mass is 16.3. The lowest BCUT2D eigenvalue weighted by molar-refractivity contribution is 0.669. The fraction of sp³-hybridized carbons (Fsp3) is 0.0175. The summed E-state index contributed by atoms with van der Waals surface area (Å²) in [5, 5.41) is 4.35. The van der Waals surface area contributed by atoms with E-state index in [1.165, 1.54) is 0 Å². The van der Waals surface area contributed by atoms with Gasteiger partial charge < -0.3 is 4.42 Å². The number of rotatable bonds is 8. The minimum absolute atomic E-state index is 0.396. The summed E-state index contributed by atoms with van der Waals surface area (Å²) in [4.78, 5) is 20.8. The van der Waals surface area contributed by atoms with E-state index in [9.17, 15) is 0 Å². The van der Waals surface area contributed by atoms with Gasteiger partial charge in [0, 0.05) is 56.4 Å². The normalized spacial score (nSPS) is 11.6. The molecule has 0 fully saturated rings. The molecule has 12 aromatic rings. The smallest absolute Gasteiger partial charge is 0.163 e. The highest BCUT2D eigenvalue weighted by Gasteiger charge is 2.21. The number of hydrogen-bond acceptors (Lipinski definition) is 5. The van der Waals surface area contributed by atoms with Crippen LogP contribution in [0.3, 0.4) is 0 Å². The Morgan fingerprint density at radius 2 is 0.889 bits per heavy atom. The summed E-state index contributed by atoms with van der Waals surface area (Å²) >= 11 is 0. The standard InChI is InChI=1S/C57H37N5O/c1-5-17-37(18-6-1)41-29-42(38-19-7-2-8-20-38)31-43(30-41)45-32-44(33-54-59-55(39-21-9-3-10-22-39)61-56(60-54)40-23-11-4-12-24-40)57(58-36-45)62-50-27-15-13-25-46(50)48-35-53-49(34-51(48)62)47-26-14-16-28-52(47)63-53/h1-32,34-36H,33H2. The zero-order valence-corrected chi connectivity index (χ0v) is 34.1. The van der Waals surface area contributed by atoms with Gasteiger partial charge in [0.2, 0.25) is 0 Å². The Morgan fingerprint density at radius 3 is 1.51 bits per heavy atom. The first-order valence-electron chi connectivity index (χ1n) is 21.2. The molecule has 0 spiro atoms. The van der Waals surface area contributed by atoms with E-state index in [0.717, 1.165) is 99.6 Å². The number of fused-ring (bicyclic) bond motifs is 6. The van der Waals surface area contributed by atoms with Crippen molar-refractivity contribution < 1.29 is 4.42 Å². The largest absolute Gasteiger partial charge is 0.456 e. The highest BCUT2D eigenvalue weighted by Crippen LogP contribution is 2.40. The second-order valence-corrected chi connectivity index (χ2v) is 15.9. The predicted octanol–water partition coefficient (Wildman–Crippen LogP) is 14.2. The van der Waals surface area contributed by atoms with Gasteiger partial charge in [0.15, 0.2) is 11.6 Å². The number of hydrogen-bond donors (Lipinski definition) is 0. The van der Waals surface area contributed by atoms with Crippen molar-refractivity contribution in [3.63, 3.8) is 0 Å².